The molecule has 4 heteroatoms. The highest BCUT2D eigenvalue weighted by Crippen LogP contribution is 2.35. The molecule has 0 radical (unpaired) electrons. The molecule has 1 aromatic heterocycles. The Morgan fingerprint density at radius 3 is 2.94 bits per heavy atom. The van der Waals surface area contributed by atoms with Gasteiger partial charge in [-0.1, -0.05) is 18.2 Å². The number of hydrogen-bond donors (Lipinski definition) is 2. The predicted molar refractivity (Wildman–Crippen MR) is 63.5 cm³/mol. The molecule has 3 rings (SSSR count). The third kappa shape index (κ3) is 1.71. The van der Waals surface area contributed by atoms with Gasteiger partial charge >= 0.3 is 0 Å². The molecule has 0 bridgehead atoms. The first-order valence-corrected chi connectivity index (χ1v) is 5.64. The summed E-state index contributed by atoms with van der Waals surface area (Å²) in [6.07, 6.45) is 2.60. The van der Waals surface area contributed by atoms with Crippen LogP contribution >= 0.6 is 0 Å². The highest BCUT2D eigenvalue weighted by molar-refractivity contribution is 5.47. The molecule has 0 fully saturated rings. The monoisotopic (exact) mass is 230 g/mol. The fourth-order valence-electron chi connectivity index (χ4n) is 2.25. The standard InChI is InChI=1S/C13H14N2O2/c14-15-12(11-5-2-7-16-11)10-4-1-3-9-6-8-17-13(9)10/h1-5,7,12,15H,6,8,14H2. The molecule has 88 valence electrons. The molecule has 0 spiro atoms. The summed E-state index contributed by atoms with van der Waals surface area (Å²) in [5, 5.41) is 0. The molecule has 1 aromatic carbocycles. The van der Waals surface area contributed by atoms with Crippen LogP contribution in [0.5, 0.6) is 5.75 Å². The molecule has 1 atom stereocenters. The molecule has 17 heavy (non-hydrogen) atoms. The van der Waals surface area contributed by atoms with Crippen molar-refractivity contribution in [3.8, 4) is 5.75 Å². The maximum absolute atomic E-state index is 5.67. The van der Waals surface area contributed by atoms with Crippen molar-refractivity contribution >= 4 is 0 Å². The zero-order valence-electron chi connectivity index (χ0n) is 9.35. The summed E-state index contributed by atoms with van der Waals surface area (Å²) in [5.41, 5.74) is 5.03. The van der Waals surface area contributed by atoms with Gasteiger partial charge in [-0.15, -0.1) is 0 Å². The van der Waals surface area contributed by atoms with Crippen LogP contribution in [0, 0.1) is 0 Å². The van der Waals surface area contributed by atoms with Crippen LogP contribution in [0.2, 0.25) is 0 Å². The molecule has 0 aliphatic carbocycles. The van der Waals surface area contributed by atoms with Gasteiger partial charge in [0.1, 0.15) is 17.6 Å². The quantitative estimate of drug-likeness (QED) is 0.623. The minimum Gasteiger partial charge on any atom is -0.493 e. The molecular formula is C13H14N2O2. The lowest BCUT2D eigenvalue weighted by Crippen LogP contribution is -2.28. The second kappa shape index (κ2) is 4.24. The maximum atomic E-state index is 5.67. The summed E-state index contributed by atoms with van der Waals surface area (Å²) in [6, 6.07) is 9.70. The third-order valence-electron chi connectivity index (χ3n) is 3.05. The number of para-hydroxylation sites is 1. The van der Waals surface area contributed by atoms with E-state index in [2.05, 4.69) is 11.5 Å². The van der Waals surface area contributed by atoms with Crippen LogP contribution in [0.15, 0.2) is 41.0 Å². The molecule has 1 aliphatic heterocycles. The number of benzene rings is 1. The number of rotatable bonds is 3. The number of hydrogen-bond acceptors (Lipinski definition) is 4. The van der Waals surface area contributed by atoms with Gasteiger partial charge in [-0.3, -0.25) is 5.84 Å². The van der Waals surface area contributed by atoms with Crippen molar-refractivity contribution in [1.82, 2.24) is 5.43 Å². The second-order valence-electron chi connectivity index (χ2n) is 4.05. The van der Waals surface area contributed by atoms with E-state index >= 15 is 0 Å². The Balaban J connectivity index is 2.06. The van der Waals surface area contributed by atoms with E-state index in [1.165, 1.54) is 5.56 Å². The number of fused-ring (bicyclic) bond motifs is 1. The van der Waals surface area contributed by atoms with Gasteiger partial charge in [0, 0.05) is 12.0 Å². The van der Waals surface area contributed by atoms with Crippen molar-refractivity contribution < 1.29 is 9.15 Å². The van der Waals surface area contributed by atoms with Gasteiger partial charge in [0.15, 0.2) is 0 Å². The van der Waals surface area contributed by atoms with E-state index in [4.69, 9.17) is 15.0 Å². The minimum atomic E-state index is -0.168. The molecular weight excluding hydrogens is 216 g/mol. The van der Waals surface area contributed by atoms with Crippen molar-refractivity contribution in [3.63, 3.8) is 0 Å². The normalized spacial score (nSPS) is 15.4. The lowest BCUT2D eigenvalue weighted by Gasteiger charge is -2.16. The molecule has 3 N–H and O–H groups in total. The lowest BCUT2D eigenvalue weighted by molar-refractivity contribution is 0.347. The molecule has 0 amide bonds. The van der Waals surface area contributed by atoms with Crippen LogP contribution < -0.4 is 16.0 Å². The summed E-state index contributed by atoms with van der Waals surface area (Å²) in [7, 11) is 0. The highest BCUT2D eigenvalue weighted by Gasteiger charge is 2.23. The van der Waals surface area contributed by atoms with Crippen molar-refractivity contribution in [2.75, 3.05) is 6.61 Å². The molecule has 0 saturated carbocycles. The zero-order chi connectivity index (χ0) is 11.7. The topological polar surface area (TPSA) is 60.4 Å². The summed E-state index contributed by atoms with van der Waals surface area (Å²) in [6.45, 7) is 0.738. The van der Waals surface area contributed by atoms with E-state index in [1.807, 2.05) is 24.3 Å². The van der Waals surface area contributed by atoms with Crippen molar-refractivity contribution in [3.05, 3.63) is 53.5 Å². The Bertz CT molecular complexity index is 508. The average Bonchev–Trinajstić information content (AvgIpc) is 3.00. The van der Waals surface area contributed by atoms with Gasteiger partial charge < -0.3 is 9.15 Å². The van der Waals surface area contributed by atoms with Gasteiger partial charge in [-0.25, -0.2) is 5.43 Å². The molecule has 0 saturated heterocycles. The van der Waals surface area contributed by atoms with Crippen molar-refractivity contribution in [1.29, 1.82) is 0 Å². The number of nitrogens with two attached hydrogens (primary N) is 1. The van der Waals surface area contributed by atoms with Gasteiger partial charge in [0.2, 0.25) is 0 Å². The predicted octanol–water partition coefficient (Wildman–Crippen LogP) is 1.77. The number of ether oxygens (including phenoxy) is 1. The Kier molecular flexibility index (Phi) is 2.59. The Hall–Kier alpha value is -1.78. The first kappa shape index (κ1) is 10.4. The summed E-state index contributed by atoms with van der Waals surface area (Å²) >= 11 is 0. The minimum absolute atomic E-state index is 0.168. The van der Waals surface area contributed by atoms with E-state index in [-0.39, 0.29) is 6.04 Å². The third-order valence-corrected chi connectivity index (χ3v) is 3.05. The van der Waals surface area contributed by atoms with Crippen LogP contribution in [0.3, 0.4) is 0 Å². The van der Waals surface area contributed by atoms with E-state index < -0.39 is 0 Å². The van der Waals surface area contributed by atoms with Crippen molar-refractivity contribution in [2.24, 2.45) is 5.84 Å². The largest absolute Gasteiger partial charge is 0.493 e. The number of nitrogens with one attached hydrogen (secondary N) is 1. The molecule has 2 aromatic rings. The van der Waals surface area contributed by atoms with Gasteiger partial charge in [-0.05, 0) is 17.7 Å². The van der Waals surface area contributed by atoms with Crippen LogP contribution in [-0.4, -0.2) is 6.61 Å². The molecule has 2 heterocycles. The van der Waals surface area contributed by atoms with Crippen LogP contribution in [-0.2, 0) is 6.42 Å². The smallest absolute Gasteiger partial charge is 0.127 e. The summed E-state index contributed by atoms with van der Waals surface area (Å²) in [4.78, 5) is 0. The van der Waals surface area contributed by atoms with Crippen molar-refractivity contribution in [2.45, 2.75) is 12.5 Å². The van der Waals surface area contributed by atoms with Gasteiger partial charge in [-0.2, -0.15) is 0 Å². The Morgan fingerprint density at radius 2 is 2.18 bits per heavy atom. The Labute approximate surface area is 99.3 Å². The second-order valence-corrected chi connectivity index (χ2v) is 4.05. The van der Waals surface area contributed by atoms with E-state index in [0.29, 0.717) is 0 Å². The van der Waals surface area contributed by atoms with Crippen LogP contribution in [0.1, 0.15) is 22.9 Å². The first-order valence-electron chi connectivity index (χ1n) is 5.64. The highest BCUT2D eigenvalue weighted by atomic mass is 16.5. The maximum Gasteiger partial charge on any atom is 0.127 e. The summed E-state index contributed by atoms with van der Waals surface area (Å²) < 4.78 is 11.1. The Morgan fingerprint density at radius 1 is 1.24 bits per heavy atom. The first-order chi connectivity index (χ1) is 8.40. The lowest BCUT2D eigenvalue weighted by atomic mass is 10.0. The molecule has 1 aliphatic rings. The van der Waals surface area contributed by atoms with E-state index in [0.717, 1.165) is 30.1 Å². The SMILES string of the molecule is NNC(c1ccco1)c1cccc2c1OCC2. The van der Waals surface area contributed by atoms with E-state index in [1.54, 1.807) is 6.26 Å². The summed E-state index contributed by atoms with van der Waals surface area (Å²) in [5.74, 6) is 7.35. The van der Waals surface area contributed by atoms with Crippen LogP contribution in [0.25, 0.3) is 0 Å². The average molecular weight is 230 g/mol. The molecule has 4 nitrogen and oxygen atoms in total. The fourth-order valence-corrected chi connectivity index (χ4v) is 2.25. The van der Waals surface area contributed by atoms with Crippen LogP contribution in [0.4, 0.5) is 0 Å². The number of hydrazine groups is 1. The number of furan rings is 1. The van der Waals surface area contributed by atoms with Gasteiger partial charge in [0.05, 0.1) is 12.9 Å². The fraction of sp³-hybridized carbons (Fsp3) is 0.231. The van der Waals surface area contributed by atoms with Gasteiger partial charge in [0.25, 0.3) is 0 Å². The molecule has 1 unspecified atom stereocenters. The van der Waals surface area contributed by atoms with E-state index in [9.17, 15) is 0 Å². The zero-order valence-corrected chi connectivity index (χ0v) is 9.35.